The monoisotopic (exact) mass is 297 g/mol. The van der Waals surface area contributed by atoms with Gasteiger partial charge >= 0.3 is 0 Å². The number of nitrogens with one attached hydrogen (secondary N) is 1. The van der Waals surface area contributed by atoms with Crippen molar-refractivity contribution in [1.29, 1.82) is 0 Å². The quantitative estimate of drug-likeness (QED) is 0.843. The Morgan fingerprint density at radius 3 is 3.05 bits per heavy atom. The van der Waals surface area contributed by atoms with Crippen molar-refractivity contribution in [1.82, 2.24) is 5.32 Å². The van der Waals surface area contributed by atoms with Crippen molar-refractivity contribution in [3.8, 4) is 0 Å². The molecule has 3 atom stereocenters. The molecule has 3 rings (SSSR count). The molecule has 2 fully saturated rings. The molecule has 20 heavy (non-hydrogen) atoms. The van der Waals surface area contributed by atoms with E-state index in [9.17, 15) is 4.39 Å². The molecule has 1 spiro atoms. The summed E-state index contributed by atoms with van der Waals surface area (Å²) >= 11 is 6.17. The molecule has 0 radical (unpaired) electrons. The normalized spacial score (nSPS) is 34.4. The molecule has 1 aromatic rings. The molecule has 1 aliphatic heterocycles. The van der Waals surface area contributed by atoms with Crippen molar-refractivity contribution in [2.24, 2.45) is 5.92 Å². The molecule has 0 amide bonds. The second-order valence-electron chi connectivity index (χ2n) is 6.29. The standard InChI is InChI=1S/C16H21ClFNO/c1-11-3-2-6-16(8-11)10-19-9-15(20-16)13-5-4-12(18)7-14(13)17/h4-5,7,11,15,19H,2-3,6,8-10H2,1H3. The topological polar surface area (TPSA) is 21.3 Å². The lowest BCUT2D eigenvalue weighted by Crippen LogP contribution is -2.53. The predicted molar refractivity (Wildman–Crippen MR) is 78.5 cm³/mol. The third kappa shape index (κ3) is 2.85. The molecule has 3 unspecified atom stereocenters. The summed E-state index contributed by atoms with van der Waals surface area (Å²) in [6, 6.07) is 4.57. The number of benzene rings is 1. The highest BCUT2D eigenvalue weighted by Crippen LogP contribution is 2.41. The van der Waals surface area contributed by atoms with Crippen LogP contribution in [0.2, 0.25) is 5.02 Å². The van der Waals surface area contributed by atoms with E-state index in [0.717, 1.165) is 31.5 Å². The van der Waals surface area contributed by atoms with Crippen LogP contribution in [-0.2, 0) is 4.74 Å². The summed E-state index contributed by atoms with van der Waals surface area (Å²) in [4.78, 5) is 0. The van der Waals surface area contributed by atoms with Crippen LogP contribution in [0.5, 0.6) is 0 Å². The Kier molecular flexibility index (Phi) is 4.02. The van der Waals surface area contributed by atoms with E-state index < -0.39 is 0 Å². The Balaban J connectivity index is 1.81. The minimum Gasteiger partial charge on any atom is -0.364 e. The fourth-order valence-electron chi connectivity index (χ4n) is 3.63. The van der Waals surface area contributed by atoms with Gasteiger partial charge in [0.05, 0.1) is 11.7 Å². The molecule has 1 heterocycles. The van der Waals surface area contributed by atoms with Crippen LogP contribution in [0.1, 0.15) is 44.3 Å². The lowest BCUT2D eigenvalue weighted by Gasteiger charge is -2.46. The summed E-state index contributed by atoms with van der Waals surface area (Å²) < 4.78 is 19.6. The molecule has 2 aliphatic rings. The van der Waals surface area contributed by atoms with E-state index in [-0.39, 0.29) is 17.5 Å². The van der Waals surface area contributed by atoms with Crippen LogP contribution in [0.25, 0.3) is 0 Å². The Labute approximate surface area is 124 Å². The second kappa shape index (κ2) is 5.63. The van der Waals surface area contributed by atoms with Gasteiger partial charge in [-0.1, -0.05) is 37.4 Å². The highest BCUT2D eigenvalue weighted by atomic mass is 35.5. The van der Waals surface area contributed by atoms with E-state index in [1.54, 1.807) is 6.07 Å². The zero-order valence-electron chi connectivity index (χ0n) is 11.8. The fraction of sp³-hybridized carbons (Fsp3) is 0.625. The number of rotatable bonds is 1. The molecule has 110 valence electrons. The second-order valence-corrected chi connectivity index (χ2v) is 6.69. The minimum absolute atomic E-state index is 0.0711. The van der Waals surface area contributed by atoms with E-state index >= 15 is 0 Å². The van der Waals surface area contributed by atoms with Crippen LogP contribution in [0.4, 0.5) is 4.39 Å². The van der Waals surface area contributed by atoms with Gasteiger partial charge in [0.15, 0.2) is 0 Å². The summed E-state index contributed by atoms with van der Waals surface area (Å²) in [6.07, 6.45) is 4.61. The van der Waals surface area contributed by atoms with Gasteiger partial charge in [-0.15, -0.1) is 0 Å². The van der Waals surface area contributed by atoms with Gasteiger partial charge in [-0.3, -0.25) is 0 Å². The third-order valence-corrected chi connectivity index (χ3v) is 4.86. The van der Waals surface area contributed by atoms with E-state index in [1.807, 2.05) is 0 Å². The summed E-state index contributed by atoms with van der Waals surface area (Å²) in [5, 5.41) is 3.94. The van der Waals surface area contributed by atoms with Crippen molar-refractivity contribution in [2.75, 3.05) is 13.1 Å². The first-order chi connectivity index (χ1) is 9.58. The molecule has 0 aromatic heterocycles. The molecule has 1 saturated heterocycles. The summed E-state index contributed by atoms with van der Waals surface area (Å²) in [5.41, 5.74) is 0.816. The fourth-order valence-corrected chi connectivity index (χ4v) is 3.92. The van der Waals surface area contributed by atoms with E-state index in [1.165, 1.54) is 25.0 Å². The number of hydrogen-bond acceptors (Lipinski definition) is 2. The molecule has 4 heteroatoms. The average Bonchev–Trinajstić information content (AvgIpc) is 2.38. The van der Waals surface area contributed by atoms with Crippen LogP contribution in [-0.4, -0.2) is 18.7 Å². The minimum atomic E-state index is -0.302. The Hall–Kier alpha value is -0.640. The molecule has 1 N–H and O–H groups in total. The zero-order chi connectivity index (χ0) is 14.2. The largest absolute Gasteiger partial charge is 0.364 e. The predicted octanol–water partition coefficient (Wildman–Crippen LogP) is 4.09. The van der Waals surface area contributed by atoms with Gasteiger partial charge in [0.25, 0.3) is 0 Å². The average molecular weight is 298 g/mol. The lowest BCUT2D eigenvalue weighted by molar-refractivity contribution is -0.143. The molecule has 0 bridgehead atoms. The maximum atomic E-state index is 13.2. The Bertz CT molecular complexity index is 491. The molecular weight excluding hydrogens is 277 g/mol. The third-order valence-electron chi connectivity index (χ3n) is 4.53. The maximum Gasteiger partial charge on any atom is 0.124 e. The van der Waals surface area contributed by atoms with Crippen LogP contribution in [0.15, 0.2) is 18.2 Å². The van der Waals surface area contributed by atoms with Crippen LogP contribution >= 0.6 is 11.6 Å². The first kappa shape index (κ1) is 14.3. The summed E-state index contributed by atoms with van der Waals surface area (Å²) in [6.45, 7) is 3.94. The van der Waals surface area contributed by atoms with Crippen molar-refractivity contribution >= 4 is 11.6 Å². The number of halogens is 2. The highest BCUT2D eigenvalue weighted by Gasteiger charge is 2.41. The van der Waals surface area contributed by atoms with Gasteiger partial charge in [-0.2, -0.15) is 0 Å². The van der Waals surface area contributed by atoms with Gasteiger partial charge < -0.3 is 10.1 Å². The number of morpholine rings is 1. The summed E-state index contributed by atoms with van der Waals surface area (Å²) in [7, 11) is 0. The van der Waals surface area contributed by atoms with Gasteiger partial charge in [0.1, 0.15) is 5.82 Å². The van der Waals surface area contributed by atoms with Crippen molar-refractivity contribution < 1.29 is 9.13 Å². The van der Waals surface area contributed by atoms with E-state index in [0.29, 0.717) is 10.9 Å². The van der Waals surface area contributed by atoms with Crippen LogP contribution in [0, 0.1) is 11.7 Å². The first-order valence-electron chi connectivity index (χ1n) is 7.41. The van der Waals surface area contributed by atoms with Gasteiger partial charge in [-0.05, 0) is 30.9 Å². The maximum absolute atomic E-state index is 13.2. The Morgan fingerprint density at radius 1 is 1.45 bits per heavy atom. The van der Waals surface area contributed by atoms with Gasteiger partial charge in [0.2, 0.25) is 0 Å². The highest BCUT2D eigenvalue weighted by molar-refractivity contribution is 6.31. The van der Waals surface area contributed by atoms with E-state index in [4.69, 9.17) is 16.3 Å². The van der Waals surface area contributed by atoms with Crippen molar-refractivity contribution in [2.45, 2.75) is 44.3 Å². The van der Waals surface area contributed by atoms with E-state index in [2.05, 4.69) is 12.2 Å². The number of ether oxygens (including phenoxy) is 1. The molecule has 1 aliphatic carbocycles. The first-order valence-corrected chi connectivity index (χ1v) is 7.79. The zero-order valence-corrected chi connectivity index (χ0v) is 12.5. The smallest absolute Gasteiger partial charge is 0.124 e. The summed E-state index contributed by atoms with van der Waals surface area (Å²) in [5.74, 6) is 0.400. The number of hydrogen-bond donors (Lipinski definition) is 1. The molecule has 1 aromatic carbocycles. The van der Waals surface area contributed by atoms with Crippen molar-refractivity contribution in [3.63, 3.8) is 0 Å². The molecular formula is C16H21ClFNO. The van der Waals surface area contributed by atoms with Crippen LogP contribution in [0.3, 0.4) is 0 Å². The Morgan fingerprint density at radius 2 is 2.30 bits per heavy atom. The van der Waals surface area contributed by atoms with Gasteiger partial charge in [-0.25, -0.2) is 4.39 Å². The van der Waals surface area contributed by atoms with Gasteiger partial charge in [0, 0.05) is 23.7 Å². The lowest BCUT2D eigenvalue weighted by atomic mass is 9.77. The molecule has 1 saturated carbocycles. The molecule has 2 nitrogen and oxygen atoms in total. The SMILES string of the molecule is CC1CCCC2(CNCC(c3ccc(F)cc3Cl)O2)C1. The van der Waals surface area contributed by atoms with Crippen LogP contribution < -0.4 is 5.32 Å². The van der Waals surface area contributed by atoms with Crippen molar-refractivity contribution in [3.05, 3.63) is 34.6 Å².